The summed E-state index contributed by atoms with van der Waals surface area (Å²) in [6.45, 7) is 8.12. The van der Waals surface area contributed by atoms with Crippen molar-refractivity contribution in [3.05, 3.63) is 65.3 Å². The number of hydrogen-bond acceptors (Lipinski definition) is 6. The van der Waals surface area contributed by atoms with Crippen LogP contribution in [0.1, 0.15) is 27.2 Å². The molecule has 0 saturated heterocycles. The van der Waals surface area contributed by atoms with Crippen molar-refractivity contribution in [1.29, 1.82) is 0 Å². The Balaban J connectivity index is 1.53. The lowest BCUT2D eigenvalue weighted by molar-refractivity contribution is 0.298. The van der Waals surface area contributed by atoms with Gasteiger partial charge in [-0.2, -0.15) is 0 Å². The predicted octanol–water partition coefficient (Wildman–Crippen LogP) is 6.29. The first kappa shape index (κ1) is 22.6. The summed E-state index contributed by atoms with van der Waals surface area (Å²) < 4.78 is 6.69. The van der Waals surface area contributed by atoms with E-state index in [0.717, 1.165) is 38.8 Å². The van der Waals surface area contributed by atoms with E-state index in [1.807, 2.05) is 42.5 Å². The Morgan fingerprint density at radius 3 is 2.47 bits per heavy atom. The van der Waals surface area contributed by atoms with Gasteiger partial charge in [-0.1, -0.05) is 30.0 Å². The van der Waals surface area contributed by atoms with Gasteiger partial charge in [0.15, 0.2) is 0 Å². The van der Waals surface area contributed by atoms with E-state index in [-0.39, 0.29) is 5.54 Å². The fourth-order valence-corrected chi connectivity index (χ4v) is 3.81. The molecule has 3 aromatic rings. The van der Waals surface area contributed by atoms with Gasteiger partial charge in [0.1, 0.15) is 10.8 Å². The summed E-state index contributed by atoms with van der Waals surface area (Å²) in [5, 5.41) is 7.58. The van der Waals surface area contributed by atoms with Crippen LogP contribution in [-0.4, -0.2) is 28.7 Å². The Bertz CT molecular complexity index is 930. The number of hydrogen-bond donors (Lipinski definition) is 2. The van der Waals surface area contributed by atoms with Crippen LogP contribution in [0.5, 0.6) is 5.75 Å². The Kier molecular flexibility index (Phi) is 8.13. The van der Waals surface area contributed by atoms with Crippen molar-refractivity contribution in [3.63, 3.8) is 0 Å². The van der Waals surface area contributed by atoms with Crippen LogP contribution in [0.2, 0.25) is 0 Å². The lowest BCUT2D eigenvalue weighted by Crippen LogP contribution is -2.36. The Hall–Kier alpha value is -2.09. The first-order valence-electron chi connectivity index (χ1n) is 9.89. The van der Waals surface area contributed by atoms with Crippen molar-refractivity contribution in [2.75, 3.05) is 18.5 Å². The van der Waals surface area contributed by atoms with Gasteiger partial charge in [-0.25, -0.2) is 9.97 Å². The van der Waals surface area contributed by atoms with Crippen molar-refractivity contribution in [3.8, 4) is 5.75 Å². The van der Waals surface area contributed by atoms with E-state index in [0.29, 0.717) is 12.6 Å². The summed E-state index contributed by atoms with van der Waals surface area (Å²) in [7, 11) is 0. The molecular formula is C23H27BrN4OS. The summed E-state index contributed by atoms with van der Waals surface area (Å²) in [6, 6.07) is 18.0. The zero-order valence-corrected chi connectivity index (χ0v) is 19.9. The van der Waals surface area contributed by atoms with Gasteiger partial charge in [-0.05, 0) is 86.1 Å². The molecule has 1 heterocycles. The minimum Gasteiger partial charge on any atom is -0.494 e. The van der Waals surface area contributed by atoms with Gasteiger partial charge in [0.25, 0.3) is 0 Å². The summed E-state index contributed by atoms with van der Waals surface area (Å²) in [5.41, 5.74) is 1.05. The maximum absolute atomic E-state index is 5.82. The lowest BCUT2D eigenvalue weighted by Gasteiger charge is -2.20. The molecule has 0 saturated carbocycles. The molecule has 158 valence electrons. The molecule has 3 rings (SSSR count). The highest BCUT2D eigenvalue weighted by Crippen LogP contribution is 2.32. The van der Waals surface area contributed by atoms with Crippen LogP contribution >= 0.6 is 27.7 Å². The second-order valence-corrected chi connectivity index (χ2v) is 9.71. The highest BCUT2D eigenvalue weighted by Gasteiger charge is 2.09. The van der Waals surface area contributed by atoms with Crippen molar-refractivity contribution >= 4 is 39.3 Å². The molecule has 2 N–H and O–H groups in total. The average molecular weight is 487 g/mol. The van der Waals surface area contributed by atoms with Crippen LogP contribution in [0.3, 0.4) is 0 Å². The molecule has 0 amide bonds. The van der Waals surface area contributed by atoms with E-state index in [9.17, 15) is 0 Å². The number of nitrogens with zero attached hydrogens (tertiary/aromatic N) is 2. The van der Waals surface area contributed by atoms with Crippen LogP contribution in [0.25, 0.3) is 0 Å². The quantitative estimate of drug-likeness (QED) is 0.273. The van der Waals surface area contributed by atoms with Gasteiger partial charge in [-0.3, -0.25) is 0 Å². The third kappa shape index (κ3) is 7.63. The van der Waals surface area contributed by atoms with Crippen molar-refractivity contribution in [2.45, 2.75) is 42.7 Å². The first-order chi connectivity index (χ1) is 14.4. The van der Waals surface area contributed by atoms with E-state index in [2.05, 4.69) is 69.4 Å². The topological polar surface area (TPSA) is 59.1 Å². The summed E-state index contributed by atoms with van der Waals surface area (Å²) >= 11 is 5.13. The van der Waals surface area contributed by atoms with Crippen molar-refractivity contribution in [1.82, 2.24) is 15.3 Å². The Labute approximate surface area is 191 Å². The standard InChI is InChI=1S/C23H27BrN4OS/c1-23(2,3)26-14-7-15-29-18-12-10-17(11-13-18)27-22-25-16-20(24)21(28-22)30-19-8-5-4-6-9-19/h4-6,8-13,16,26H,7,14-15H2,1-3H3,(H,25,27,28). The smallest absolute Gasteiger partial charge is 0.228 e. The van der Waals surface area contributed by atoms with Gasteiger partial charge in [0.05, 0.1) is 11.1 Å². The zero-order chi connectivity index (χ0) is 21.4. The Morgan fingerprint density at radius 1 is 1.03 bits per heavy atom. The van der Waals surface area contributed by atoms with Crippen LogP contribution in [0.15, 0.2) is 75.2 Å². The van der Waals surface area contributed by atoms with Crippen molar-refractivity contribution < 1.29 is 4.74 Å². The second-order valence-electron chi connectivity index (χ2n) is 7.79. The fourth-order valence-electron chi connectivity index (χ4n) is 2.57. The van der Waals surface area contributed by atoms with Crippen LogP contribution < -0.4 is 15.4 Å². The van der Waals surface area contributed by atoms with E-state index in [1.165, 1.54) is 0 Å². The number of anilines is 2. The van der Waals surface area contributed by atoms with Crippen LogP contribution in [0, 0.1) is 0 Å². The summed E-state index contributed by atoms with van der Waals surface area (Å²) in [6.07, 6.45) is 2.73. The van der Waals surface area contributed by atoms with Gasteiger partial charge < -0.3 is 15.4 Å². The number of ether oxygens (including phenoxy) is 1. The molecule has 30 heavy (non-hydrogen) atoms. The largest absolute Gasteiger partial charge is 0.494 e. The number of nitrogens with one attached hydrogen (secondary N) is 2. The van der Waals surface area contributed by atoms with Crippen molar-refractivity contribution in [2.24, 2.45) is 0 Å². The number of benzene rings is 2. The molecule has 1 aromatic heterocycles. The third-order valence-electron chi connectivity index (χ3n) is 4.03. The molecule has 7 heteroatoms. The van der Waals surface area contributed by atoms with E-state index in [4.69, 9.17) is 4.74 Å². The second kappa shape index (κ2) is 10.8. The minimum atomic E-state index is 0.141. The molecule has 0 spiro atoms. The van der Waals surface area contributed by atoms with E-state index >= 15 is 0 Å². The van der Waals surface area contributed by atoms with Gasteiger partial charge in [0, 0.05) is 22.3 Å². The molecule has 0 aliphatic heterocycles. The molecule has 0 fully saturated rings. The molecule has 0 aliphatic carbocycles. The van der Waals surface area contributed by atoms with E-state index < -0.39 is 0 Å². The van der Waals surface area contributed by atoms with E-state index in [1.54, 1.807) is 18.0 Å². The van der Waals surface area contributed by atoms with Gasteiger partial charge in [0.2, 0.25) is 5.95 Å². The highest BCUT2D eigenvalue weighted by molar-refractivity contribution is 9.10. The highest BCUT2D eigenvalue weighted by atomic mass is 79.9. The van der Waals surface area contributed by atoms with Gasteiger partial charge in [-0.15, -0.1) is 0 Å². The molecule has 0 radical (unpaired) electrons. The number of aromatic nitrogens is 2. The SMILES string of the molecule is CC(C)(C)NCCCOc1ccc(Nc2ncc(Br)c(Sc3ccccc3)n2)cc1. The normalized spacial score (nSPS) is 11.3. The minimum absolute atomic E-state index is 0.141. The molecule has 0 atom stereocenters. The molecule has 2 aromatic carbocycles. The third-order valence-corrected chi connectivity index (χ3v) is 5.88. The number of rotatable bonds is 9. The summed E-state index contributed by atoms with van der Waals surface area (Å²) in [4.78, 5) is 10.1. The molecule has 0 unspecified atom stereocenters. The summed E-state index contributed by atoms with van der Waals surface area (Å²) in [5.74, 6) is 1.41. The Morgan fingerprint density at radius 2 is 1.77 bits per heavy atom. The molecule has 0 bridgehead atoms. The average Bonchev–Trinajstić information content (AvgIpc) is 2.71. The molecule has 5 nitrogen and oxygen atoms in total. The monoisotopic (exact) mass is 486 g/mol. The van der Waals surface area contributed by atoms with Gasteiger partial charge >= 0.3 is 0 Å². The predicted molar refractivity (Wildman–Crippen MR) is 128 cm³/mol. The first-order valence-corrected chi connectivity index (χ1v) is 11.5. The lowest BCUT2D eigenvalue weighted by atomic mass is 10.1. The molecule has 0 aliphatic rings. The van der Waals surface area contributed by atoms with Crippen LogP contribution in [-0.2, 0) is 0 Å². The zero-order valence-electron chi connectivity index (χ0n) is 17.5. The maximum atomic E-state index is 5.82. The molecular weight excluding hydrogens is 460 g/mol. The number of halogens is 1. The fraction of sp³-hybridized carbons (Fsp3) is 0.304. The van der Waals surface area contributed by atoms with Crippen LogP contribution in [0.4, 0.5) is 11.6 Å². The maximum Gasteiger partial charge on any atom is 0.228 e.